The van der Waals surface area contributed by atoms with E-state index in [-0.39, 0.29) is 0 Å². The molecule has 2 N–H and O–H groups in total. The topological polar surface area (TPSA) is 87.1 Å². The largest absolute Gasteiger partial charge is 0.508 e. The third kappa shape index (κ3) is 6.24. The number of benzene rings is 2. The highest BCUT2D eigenvalue weighted by atomic mass is 16.5. The summed E-state index contributed by atoms with van der Waals surface area (Å²) in [5.41, 5.74) is 5.77. The number of phenolic OH excluding ortho intramolecular Hbond substituents is 2. The molecular formula is C30H39N3O6. The minimum absolute atomic E-state index is 0.313. The molecule has 3 saturated heterocycles. The van der Waals surface area contributed by atoms with Crippen molar-refractivity contribution < 1.29 is 29.2 Å². The zero-order valence-electron chi connectivity index (χ0n) is 22.6. The molecule has 0 spiro atoms. The molecule has 210 valence electrons. The summed E-state index contributed by atoms with van der Waals surface area (Å²) in [4.78, 5) is 6.95. The zero-order valence-corrected chi connectivity index (χ0v) is 22.6. The summed E-state index contributed by atoms with van der Waals surface area (Å²) < 4.78 is 23.0. The van der Waals surface area contributed by atoms with Crippen LogP contribution in [0.3, 0.4) is 0 Å². The molecule has 4 aliphatic heterocycles. The van der Waals surface area contributed by atoms with E-state index in [0.29, 0.717) is 64.2 Å². The number of phenols is 2. The van der Waals surface area contributed by atoms with Gasteiger partial charge in [-0.05, 0) is 35.4 Å². The van der Waals surface area contributed by atoms with Crippen LogP contribution < -0.4 is 4.74 Å². The molecule has 0 amide bonds. The molecule has 6 rings (SSSR count). The number of ether oxygens (including phenoxy) is 4. The van der Waals surface area contributed by atoms with Gasteiger partial charge in [-0.15, -0.1) is 0 Å². The zero-order chi connectivity index (χ0) is 26.6. The maximum atomic E-state index is 11.5. The fourth-order valence-electron chi connectivity index (χ4n) is 5.78. The summed E-state index contributed by atoms with van der Waals surface area (Å²) in [5, 5.41) is 22.0. The quantitative estimate of drug-likeness (QED) is 0.553. The average Bonchev–Trinajstić information content (AvgIpc) is 2.98. The molecule has 2 aromatic rings. The Kier molecular flexibility index (Phi) is 8.34. The molecule has 4 heterocycles. The lowest BCUT2D eigenvalue weighted by atomic mass is 9.94. The summed E-state index contributed by atoms with van der Waals surface area (Å²) in [7, 11) is 0. The van der Waals surface area contributed by atoms with Crippen LogP contribution in [0.5, 0.6) is 17.2 Å². The third-order valence-corrected chi connectivity index (χ3v) is 8.09. The molecule has 0 bridgehead atoms. The number of morpholine rings is 3. The molecule has 9 nitrogen and oxygen atoms in total. The van der Waals surface area contributed by atoms with Crippen molar-refractivity contribution in [2.24, 2.45) is 0 Å². The molecule has 9 heteroatoms. The number of aromatic hydroxyl groups is 2. The molecule has 0 atom stereocenters. The summed E-state index contributed by atoms with van der Waals surface area (Å²) in [6.45, 7) is 11.8. The Hall–Kier alpha value is -2.66. The molecule has 3 fully saturated rings. The van der Waals surface area contributed by atoms with E-state index in [4.69, 9.17) is 18.9 Å². The van der Waals surface area contributed by atoms with Gasteiger partial charge in [-0.2, -0.15) is 0 Å². The number of fused-ring (bicyclic) bond motifs is 1. The fraction of sp³-hybridized carbons (Fsp3) is 0.533. The van der Waals surface area contributed by atoms with Crippen molar-refractivity contribution in [1.29, 1.82) is 0 Å². The maximum Gasteiger partial charge on any atom is 0.135 e. The minimum Gasteiger partial charge on any atom is -0.508 e. The summed E-state index contributed by atoms with van der Waals surface area (Å²) in [6, 6.07) is 7.90. The Morgan fingerprint density at radius 1 is 0.667 bits per heavy atom. The first kappa shape index (κ1) is 26.6. The van der Waals surface area contributed by atoms with Crippen molar-refractivity contribution in [1.82, 2.24) is 14.7 Å². The van der Waals surface area contributed by atoms with Gasteiger partial charge in [0.1, 0.15) is 23.9 Å². The van der Waals surface area contributed by atoms with E-state index >= 15 is 0 Å². The van der Waals surface area contributed by atoms with Crippen LogP contribution in [0.1, 0.15) is 27.8 Å². The molecule has 2 aromatic carbocycles. The lowest BCUT2D eigenvalue weighted by Crippen LogP contribution is -2.36. The second-order valence-electron chi connectivity index (χ2n) is 10.7. The average molecular weight is 538 g/mol. The first-order chi connectivity index (χ1) is 19.1. The first-order valence-electron chi connectivity index (χ1n) is 14.1. The standard InChI is InChI=1S/C30H39N3O6/c34-28-2-1-22(15-24(28)18-31-3-9-36-10-4-31)26-17-23-16-25(19-32-5-11-37-12-6-32)29(35)27(30(23)39-21-26)20-33-7-13-38-14-8-33/h1-2,15-17,34-35H,3-14,18-21H2. The van der Waals surface area contributed by atoms with Crippen LogP contribution in [-0.4, -0.2) is 110 Å². The Labute approximate surface area is 230 Å². The Balaban J connectivity index is 1.31. The molecular weight excluding hydrogens is 498 g/mol. The van der Waals surface area contributed by atoms with Crippen LogP contribution >= 0.6 is 0 Å². The highest BCUT2D eigenvalue weighted by Gasteiger charge is 2.26. The molecule has 39 heavy (non-hydrogen) atoms. The highest BCUT2D eigenvalue weighted by molar-refractivity contribution is 5.87. The second kappa shape index (κ2) is 12.2. The van der Waals surface area contributed by atoms with Gasteiger partial charge in [-0.25, -0.2) is 0 Å². The predicted octanol–water partition coefficient (Wildman–Crippen LogP) is 2.53. The van der Waals surface area contributed by atoms with Gasteiger partial charge in [0.25, 0.3) is 0 Å². The van der Waals surface area contributed by atoms with Gasteiger partial charge < -0.3 is 29.2 Å². The van der Waals surface area contributed by atoms with Gasteiger partial charge in [-0.1, -0.05) is 6.07 Å². The van der Waals surface area contributed by atoms with Crippen molar-refractivity contribution >= 4 is 11.6 Å². The maximum absolute atomic E-state index is 11.5. The van der Waals surface area contributed by atoms with Gasteiger partial charge in [0.05, 0.1) is 45.2 Å². The normalized spacial score (nSPS) is 21.3. The van der Waals surface area contributed by atoms with Gasteiger partial charge >= 0.3 is 0 Å². The van der Waals surface area contributed by atoms with Crippen molar-refractivity contribution in [3.8, 4) is 17.2 Å². The molecule has 4 aliphatic rings. The predicted molar refractivity (Wildman–Crippen MR) is 148 cm³/mol. The van der Waals surface area contributed by atoms with Gasteiger partial charge in [0.15, 0.2) is 0 Å². The van der Waals surface area contributed by atoms with Crippen LogP contribution in [0.4, 0.5) is 0 Å². The minimum atomic E-state index is 0.313. The second-order valence-corrected chi connectivity index (χ2v) is 10.7. The summed E-state index contributed by atoms with van der Waals surface area (Å²) in [5.74, 6) is 1.41. The van der Waals surface area contributed by atoms with Crippen LogP contribution in [-0.2, 0) is 33.8 Å². The lowest BCUT2D eigenvalue weighted by Gasteiger charge is -2.31. The number of nitrogens with zero attached hydrogens (tertiary/aromatic N) is 3. The molecule has 0 saturated carbocycles. The van der Waals surface area contributed by atoms with E-state index in [2.05, 4.69) is 32.9 Å². The van der Waals surface area contributed by atoms with E-state index < -0.39 is 0 Å². The molecule has 0 aliphatic carbocycles. The van der Waals surface area contributed by atoms with Crippen LogP contribution in [0.15, 0.2) is 24.3 Å². The van der Waals surface area contributed by atoms with E-state index in [1.54, 1.807) is 6.07 Å². The van der Waals surface area contributed by atoms with E-state index in [0.717, 1.165) is 91.6 Å². The smallest absolute Gasteiger partial charge is 0.135 e. The van der Waals surface area contributed by atoms with E-state index in [9.17, 15) is 10.2 Å². The Bertz CT molecular complexity index is 1180. The number of hydrogen-bond donors (Lipinski definition) is 2. The van der Waals surface area contributed by atoms with Gasteiger partial charge in [0, 0.05) is 75.6 Å². The first-order valence-corrected chi connectivity index (χ1v) is 14.1. The molecule has 0 radical (unpaired) electrons. The van der Waals surface area contributed by atoms with Crippen molar-refractivity contribution in [2.75, 3.05) is 85.5 Å². The number of hydrogen-bond acceptors (Lipinski definition) is 9. The Morgan fingerprint density at radius 3 is 1.85 bits per heavy atom. The van der Waals surface area contributed by atoms with Crippen molar-refractivity contribution in [3.05, 3.63) is 52.1 Å². The fourth-order valence-corrected chi connectivity index (χ4v) is 5.78. The summed E-state index contributed by atoms with van der Waals surface area (Å²) in [6.07, 6.45) is 2.19. The number of rotatable bonds is 7. The van der Waals surface area contributed by atoms with Gasteiger partial charge in [-0.3, -0.25) is 14.7 Å². The van der Waals surface area contributed by atoms with Crippen LogP contribution in [0.25, 0.3) is 11.6 Å². The SMILES string of the molecule is Oc1ccc(C2=Cc3cc(CN4CCOCC4)c(O)c(CN4CCOCC4)c3OC2)cc1CN1CCOCC1. The lowest BCUT2D eigenvalue weighted by molar-refractivity contribution is 0.0325. The van der Waals surface area contributed by atoms with Crippen LogP contribution in [0.2, 0.25) is 0 Å². The van der Waals surface area contributed by atoms with Crippen molar-refractivity contribution in [2.45, 2.75) is 19.6 Å². The van der Waals surface area contributed by atoms with Gasteiger partial charge in [0.2, 0.25) is 0 Å². The monoisotopic (exact) mass is 537 g/mol. The van der Waals surface area contributed by atoms with E-state index in [1.165, 1.54) is 0 Å². The Morgan fingerprint density at radius 2 is 1.23 bits per heavy atom. The molecule has 0 aromatic heterocycles. The third-order valence-electron chi connectivity index (χ3n) is 8.09. The van der Waals surface area contributed by atoms with Crippen molar-refractivity contribution in [3.63, 3.8) is 0 Å². The van der Waals surface area contributed by atoms with E-state index in [1.807, 2.05) is 6.07 Å². The molecule has 0 unspecified atom stereocenters. The van der Waals surface area contributed by atoms with Crippen LogP contribution in [0, 0.1) is 0 Å². The highest BCUT2D eigenvalue weighted by Crippen LogP contribution is 2.42. The summed E-state index contributed by atoms with van der Waals surface area (Å²) >= 11 is 0.